The van der Waals surface area contributed by atoms with E-state index in [0.717, 1.165) is 35.8 Å². The van der Waals surface area contributed by atoms with Gasteiger partial charge in [-0.1, -0.05) is 95.5 Å². The minimum Gasteiger partial charge on any atom is -0.504 e. The molecular weight excluding hydrogens is 918 g/mol. The van der Waals surface area contributed by atoms with E-state index in [1.165, 1.54) is 104 Å². The van der Waals surface area contributed by atoms with Gasteiger partial charge in [0.2, 0.25) is 0 Å². The van der Waals surface area contributed by atoms with Gasteiger partial charge in [-0.25, -0.2) is 8.78 Å². The summed E-state index contributed by atoms with van der Waals surface area (Å²) in [6, 6.07) is 19.6. The van der Waals surface area contributed by atoms with Crippen LogP contribution in [0.25, 0.3) is 22.3 Å². The highest BCUT2D eigenvalue weighted by Crippen LogP contribution is 2.43. The van der Waals surface area contributed by atoms with E-state index in [1.807, 2.05) is 12.1 Å². The zero-order chi connectivity index (χ0) is 41.3. The average Bonchev–Trinajstić information content (AvgIpc) is 3.23. The van der Waals surface area contributed by atoms with Crippen LogP contribution < -0.4 is 9.47 Å². The molecule has 0 radical (unpaired) electrons. The molecule has 4 aromatic carbocycles. The van der Waals surface area contributed by atoms with Gasteiger partial charge in [-0.15, -0.1) is 0 Å². The van der Waals surface area contributed by atoms with Crippen molar-refractivity contribution in [3.8, 4) is 45.3 Å². The van der Waals surface area contributed by atoms with E-state index in [-0.39, 0.29) is 23.1 Å². The minimum atomic E-state index is -0.220. The molecule has 9 heteroatoms. The summed E-state index contributed by atoms with van der Waals surface area (Å²) >= 11 is 8.81. The Morgan fingerprint density at radius 2 is 1.04 bits per heavy atom. The quantitative estimate of drug-likeness (QED) is 0.124. The van der Waals surface area contributed by atoms with Crippen molar-refractivity contribution in [2.75, 3.05) is 14.2 Å². The third-order valence-corrected chi connectivity index (χ3v) is 12.7. The third kappa shape index (κ3) is 13.4. The first-order valence-electron chi connectivity index (χ1n) is 20.8. The van der Waals surface area contributed by atoms with Crippen molar-refractivity contribution < 1.29 is 28.5 Å². The Bertz CT molecular complexity index is 1820. The first-order valence-corrected chi connectivity index (χ1v) is 25.3. The molecule has 6 rings (SSSR count). The molecule has 0 heterocycles. The molecular formula is C48H61Br3F2O4. The summed E-state index contributed by atoms with van der Waals surface area (Å²) in [5.41, 5.74) is 4.70. The van der Waals surface area contributed by atoms with Crippen LogP contribution in [0.5, 0.6) is 23.0 Å². The van der Waals surface area contributed by atoms with Crippen LogP contribution in [0.15, 0.2) is 71.2 Å². The molecule has 4 aromatic rings. The summed E-state index contributed by atoms with van der Waals surface area (Å²) in [5, 5.41) is 19.7. The monoisotopic (exact) mass is 976 g/mol. The molecule has 0 amide bonds. The van der Waals surface area contributed by atoms with Crippen molar-refractivity contribution >= 4 is 44.2 Å². The number of aromatic hydroxyl groups is 2. The van der Waals surface area contributed by atoms with E-state index in [1.54, 1.807) is 42.5 Å². The largest absolute Gasteiger partial charge is 0.504 e. The van der Waals surface area contributed by atoms with Crippen molar-refractivity contribution in [2.45, 2.75) is 128 Å². The van der Waals surface area contributed by atoms with Crippen LogP contribution >= 0.6 is 44.2 Å². The second-order valence-electron chi connectivity index (χ2n) is 15.8. The Morgan fingerprint density at radius 1 is 0.579 bits per heavy atom. The lowest BCUT2D eigenvalue weighted by molar-refractivity contribution is 0.302. The van der Waals surface area contributed by atoms with Crippen LogP contribution in [0.1, 0.15) is 140 Å². The van der Waals surface area contributed by atoms with Gasteiger partial charge in [0, 0.05) is 39.4 Å². The Kier molecular flexibility index (Phi) is 20.2. The molecule has 0 aromatic heterocycles. The van der Waals surface area contributed by atoms with E-state index in [4.69, 9.17) is 9.47 Å². The maximum Gasteiger partial charge on any atom is 0.172 e. The summed E-state index contributed by atoms with van der Waals surface area (Å²) < 4.78 is 40.5. The second-order valence-corrected chi connectivity index (χ2v) is 16.7. The van der Waals surface area contributed by atoms with Gasteiger partial charge in [0.25, 0.3) is 0 Å². The number of hydrogen-bond acceptors (Lipinski definition) is 4. The number of methoxy groups -OCH3 is 2. The van der Waals surface area contributed by atoms with Crippen LogP contribution in [0.4, 0.5) is 8.78 Å². The highest BCUT2D eigenvalue weighted by atomic mass is 80.9. The van der Waals surface area contributed by atoms with Crippen molar-refractivity contribution in [2.24, 2.45) is 11.8 Å². The Labute approximate surface area is 364 Å². The summed E-state index contributed by atoms with van der Waals surface area (Å²) in [5.74, 6) is 3.01. The average molecular weight is 980 g/mol. The van der Waals surface area contributed by atoms with Gasteiger partial charge in [-0.2, -0.15) is 0 Å². The maximum atomic E-state index is 14.9. The molecule has 2 saturated carbocycles. The summed E-state index contributed by atoms with van der Waals surface area (Å²) in [4.78, 5) is 0. The topological polar surface area (TPSA) is 58.9 Å². The minimum absolute atomic E-state index is 0.0268. The zero-order valence-electron chi connectivity index (χ0n) is 34.1. The molecule has 0 bridgehead atoms. The number of phenolic OH excluding ortho intramolecular Hbond substituents is 2. The first kappa shape index (κ1) is 47.1. The van der Waals surface area contributed by atoms with Gasteiger partial charge in [-0.05, 0) is 150 Å². The van der Waals surface area contributed by atoms with Crippen LogP contribution in [0, 0.1) is 23.5 Å². The van der Waals surface area contributed by atoms with Crippen LogP contribution in [0.2, 0.25) is 0 Å². The molecule has 312 valence electrons. The van der Waals surface area contributed by atoms with Crippen molar-refractivity contribution in [1.29, 1.82) is 0 Å². The highest BCUT2D eigenvalue weighted by molar-refractivity contribution is 9.93. The fourth-order valence-electron chi connectivity index (χ4n) is 8.70. The molecule has 2 fully saturated rings. The standard InChI is InChI=1S/C24H30BrFO2.C24H31FO2.Br2/c1-3-4-5-6-16-7-9-17(10-8-16)18-11-12-20(22(26)14-18)19-13-21(25)24(27)23(15-19)28-2;1-3-4-5-6-17-7-9-18(10-8-17)19-11-13-21(22(25)15-19)20-12-14-23(26)24(16-20)27-2;1-2/h11-17,27H,3-10H2,1-2H3;11-18,26H,3-10H2,1-2H3;. The number of hydrogen-bond donors (Lipinski definition) is 2. The van der Waals surface area contributed by atoms with Gasteiger partial charge in [0.1, 0.15) is 11.6 Å². The van der Waals surface area contributed by atoms with Gasteiger partial charge in [0.15, 0.2) is 23.0 Å². The Balaban J connectivity index is 0.000000242. The first-order chi connectivity index (χ1) is 27.6. The van der Waals surface area contributed by atoms with Crippen LogP contribution in [0.3, 0.4) is 0 Å². The lowest BCUT2D eigenvalue weighted by Crippen LogP contribution is -2.13. The smallest absolute Gasteiger partial charge is 0.172 e. The molecule has 0 spiro atoms. The lowest BCUT2D eigenvalue weighted by atomic mass is 9.77. The van der Waals surface area contributed by atoms with Gasteiger partial charge < -0.3 is 19.7 Å². The fraction of sp³-hybridized carbons (Fsp3) is 0.500. The molecule has 0 aliphatic heterocycles. The number of halogens is 5. The van der Waals surface area contributed by atoms with E-state index in [0.29, 0.717) is 50.1 Å². The van der Waals surface area contributed by atoms with Crippen molar-refractivity contribution in [3.05, 3.63) is 94.0 Å². The van der Waals surface area contributed by atoms with Crippen LogP contribution in [-0.4, -0.2) is 24.4 Å². The van der Waals surface area contributed by atoms with Crippen molar-refractivity contribution in [3.63, 3.8) is 0 Å². The van der Waals surface area contributed by atoms with Gasteiger partial charge >= 0.3 is 0 Å². The predicted molar refractivity (Wildman–Crippen MR) is 243 cm³/mol. The molecule has 2 aliphatic carbocycles. The molecule has 57 heavy (non-hydrogen) atoms. The number of phenols is 2. The molecule has 0 atom stereocenters. The van der Waals surface area contributed by atoms with E-state index < -0.39 is 0 Å². The SMILES string of the molecule is BrBr.CCCCCC1CCC(c2ccc(-c3cc(Br)c(O)c(OC)c3)c(F)c2)CC1.CCCCCC1CCC(c2ccc(-c3ccc(O)c(OC)c3)c(F)c2)CC1. The molecule has 2 aliphatic rings. The Hall–Kier alpha value is -2.62. The molecule has 0 saturated heterocycles. The second kappa shape index (κ2) is 24.5. The highest BCUT2D eigenvalue weighted by Gasteiger charge is 2.25. The molecule has 2 N–H and O–H groups in total. The fourth-order valence-corrected chi connectivity index (χ4v) is 9.15. The van der Waals surface area contributed by atoms with Crippen molar-refractivity contribution in [1.82, 2.24) is 0 Å². The van der Waals surface area contributed by atoms with Gasteiger partial charge in [0.05, 0.1) is 18.7 Å². The molecule has 4 nitrogen and oxygen atoms in total. The number of benzene rings is 4. The number of rotatable bonds is 14. The lowest BCUT2D eigenvalue weighted by Gasteiger charge is -2.29. The normalized spacial score (nSPS) is 19.1. The van der Waals surface area contributed by atoms with E-state index >= 15 is 0 Å². The number of unbranched alkanes of at least 4 members (excludes halogenated alkanes) is 4. The van der Waals surface area contributed by atoms with E-state index in [9.17, 15) is 19.0 Å². The summed E-state index contributed by atoms with van der Waals surface area (Å²) in [6.45, 7) is 4.51. The molecule has 0 unspecified atom stereocenters. The zero-order valence-corrected chi connectivity index (χ0v) is 38.8. The summed E-state index contributed by atoms with van der Waals surface area (Å²) in [7, 11) is 2.99. The van der Waals surface area contributed by atoms with Crippen LogP contribution in [-0.2, 0) is 0 Å². The number of ether oxygens (including phenoxy) is 2. The Morgan fingerprint density at radius 3 is 1.47 bits per heavy atom. The third-order valence-electron chi connectivity index (χ3n) is 12.1. The van der Waals surface area contributed by atoms with Gasteiger partial charge in [-0.3, -0.25) is 0 Å². The van der Waals surface area contributed by atoms with E-state index in [2.05, 4.69) is 70.2 Å². The maximum absolute atomic E-state index is 14.9. The summed E-state index contributed by atoms with van der Waals surface area (Å²) in [6.07, 6.45) is 20.4. The predicted octanol–water partition coefficient (Wildman–Crippen LogP) is 16.6.